The zero-order valence-corrected chi connectivity index (χ0v) is 6.60. The molecule has 0 bridgehead atoms. The van der Waals surface area contributed by atoms with E-state index in [9.17, 15) is 13.2 Å². The summed E-state index contributed by atoms with van der Waals surface area (Å²) in [7, 11) is 0. The van der Waals surface area contributed by atoms with Gasteiger partial charge in [-0.2, -0.15) is 13.2 Å². The van der Waals surface area contributed by atoms with Gasteiger partial charge in [0.25, 0.3) is 0 Å². The Labute approximate surface area is 68.2 Å². The SMILES string of the molecule is CC(O)CNCC(O)C(F)(F)F. The first-order chi connectivity index (χ1) is 5.34. The van der Waals surface area contributed by atoms with Crippen LogP contribution in [0, 0.1) is 0 Å². The molecule has 0 rings (SSSR count). The van der Waals surface area contributed by atoms with Gasteiger partial charge in [-0.3, -0.25) is 0 Å². The fraction of sp³-hybridized carbons (Fsp3) is 1.00. The van der Waals surface area contributed by atoms with E-state index in [0.717, 1.165) is 0 Å². The van der Waals surface area contributed by atoms with Crippen LogP contribution in [0.4, 0.5) is 13.2 Å². The van der Waals surface area contributed by atoms with Crippen molar-refractivity contribution in [2.24, 2.45) is 0 Å². The number of hydrogen-bond acceptors (Lipinski definition) is 3. The molecule has 12 heavy (non-hydrogen) atoms. The standard InChI is InChI=1S/C6H12F3NO2/c1-4(11)2-10-3-5(12)6(7,8)9/h4-5,10-12H,2-3H2,1H3. The number of aliphatic hydroxyl groups is 2. The summed E-state index contributed by atoms with van der Waals surface area (Å²) >= 11 is 0. The molecule has 0 aromatic rings. The predicted octanol–water partition coefficient (Wildman–Crippen LogP) is -0.120. The lowest BCUT2D eigenvalue weighted by Crippen LogP contribution is -2.40. The van der Waals surface area contributed by atoms with Crippen LogP contribution in [0.5, 0.6) is 0 Å². The predicted molar refractivity (Wildman–Crippen MR) is 36.6 cm³/mol. The third-order valence-corrected chi connectivity index (χ3v) is 1.16. The van der Waals surface area contributed by atoms with Crippen molar-refractivity contribution in [2.75, 3.05) is 13.1 Å². The molecule has 0 saturated heterocycles. The lowest BCUT2D eigenvalue weighted by atomic mass is 10.3. The molecule has 0 aliphatic rings. The Hall–Kier alpha value is -0.330. The molecular formula is C6H12F3NO2. The van der Waals surface area contributed by atoms with Crippen LogP contribution in [-0.4, -0.2) is 41.7 Å². The maximum atomic E-state index is 11.6. The maximum absolute atomic E-state index is 11.6. The van der Waals surface area contributed by atoms with E-state index >= 15 is 0 Å². The van der Waals surface area contributed by atoms with Crippen molar-refractivity contribution in [3.8, 4) is 0 Å². The second kappa shape index (κ2) is 4.64. The Morgan fingerprint density at radius 1 is 1.25 bits per heavy atom. The van der Waals surface area contributed by atoms with Crippen LogP contribution in [0.1, 0.15) is 6.92 Å². The second-order valence-electron chi connectivity index (χ2n) is 2.56. The summed E-state index contributed by atoms with van der Waals surface area (Å²) in [4.78, 5) is 0. The molecule has 0 aromatic carbocycles. The fourth-order valence-corrected chi connectivity index (χ4v) is 0.545. The smallest absolute Gasteiger partial charge is 0.392 e. The molecule has 0 amide bonds. The number of halogens is 3. The molecule has 3 N–H and O–H groups in total. The minimum absolute atomic E-state index is 0.0349. The van der Waals surface area contributed by atoms with Crippen LogP contribution in [0.3, 0.4) is 0 Å². The molecule has 0 saturated carbocycles. The molecular weight excluding hydrogens is 175 g/mol. The topological polar surface area (TPSA) is 52.5 Å². The van der Waals surface area contributed by atoms with Gasteiger partial charge in [-0.25, -0.2) is 0 Å². The van der Waals surface area contributed by atoms with Crippen molar-refractivity contribution in [3.05, 3.63) is 0 Å². The van der Waals surface area contributed by atoms with E-state index < -0.39 is 24.9 Å². The van der Waals surface area contributed by atoms with Crippen LogP contribution in [0.2, 0.25) is 0 Å². The van der Waals surface area contributed by atoms with Crippen LogP contribution in [0.15, 0.2) is 0 Å². The molecule has 74 valence electrons. The minimum atomic E-state index is -4.59. The summed E-state index contributed by atoms with van der Waals surface area (Å²) in [5, 5.41) is 19.3. The molecule has 0 radical (unpaired) electrons. The highest BCUT2D eigenvalue weighted by Gasteiger charge is 2.37. The summed E-state index contributed by atoms with van der Waals surface area (Å²) in [6, 6.07) is 0. The Balaban J connectivity index is 3.51. The zero-order valence-electron chi connectivity index (χ0n) is 6.60. The molecule has 0 aliphatic heterocycles. The summed E-state index contributed by atoms with van der Waals surface area (Å²) in [6.07, 6.45) is -7.67. The van der Waals surface area contributed by atoms with Crippen molar-refractivity contribution in [2.45, 2.75) is 25.3 Å². The third kappa shape index (κ3) is 5.34. The number of hydrogen-bond donors (Lipinski definition) is 3. The first-order valence-corrected chi connectivity index (χ1v) is 3.47. The van der Waals surface area contributed by atoms with Gasteiger partial charge in [0, 0.05) is 13.1 Å². The second-order valence-corrected chi connectivity index (χ2v) is 2.56. The lowest BCUT2D eigenvalue weighted by molar-refractivity contribution is -0.202. The highest BCUT2D eigenvalue weighted by Crippen LogP contribution is 2.18. The zero-order chi connectivity index (χ0) is 9.78. The van der Waals surface area contributed by atoms with Gasteiger partial charge in [0.15, 0.2) is 6.10 Å². The van der Waals surface area contributed by atoms with E-state index in [1.165, 1.54) is 6.92 Å². The van der Waals surface area contributed by atoms with Gasteiger partial charge >= 0.3 is 6.18 Å². The maximum Gasteiger partial charge on any atom is 0.415 e. The normalized spacial score (nSPS) is 17.5. The third-order valence-electron chi connectivity index (χ3n) is 1.16. The van der Waals surface area contributed by atoms with E-state index in [1.807, 2.05) is 0 Å². The molecule has 2 unspecified atom stereocenters. The monoisotopic (exact) mass is 187 g/mol. The average Bonchev–Trinajstić information content (AvgIpc) is 1.84. The Kier molecular flexibility index (Phi) is 4.51. The van der Waals surface area contributed by atoms with Gasteiger partial charge < -0.3 is 15.5 Å². The van der Waals surface area contributed by atoms with E-state index in [4.69, 9.17) is 10.2 Å². The summed E-state index contributed by atoms with van der Waals surface area (Å²) < 4.78 is 34.9. The van der Waals surface area contributed by atoms with Crippen molar-refractivity contribution >= 4 is 0 Å². The molecule has 3 nitrogen and oxygen atoms in total. The van der Waals surface area contributed by atoms with Crippen molar-refractivity contribution in [1.29, 1.82) is 0 Å². The molecule has 0 aliphatic carbocycles. The lowest BCUT2D eigenvalue weighted by Gasteiger charge is -2.15. The van der Waals surface area contributed by atoms with E-state index in [-0.39, 0.29) is 6.54 Å². The molecule has 0 spiro atoms. The van der Waals surface area contributed by atoms with Crippen molar-refractivity contribution in [1.82, 2.24) is 5.32 Å². The largest absolute Gasteiger partial charge is 0.415 e. The van der Waals surface area contributed by atoms with Crippen LogP contribution < -0.4 is 5.32 Å². The van der Waals surface area contributed by atoms with Gasteiger partial charge in [-0.15, -0.1) is 0 Å². The molecule has 0 heterocycles. The van der Waals surface area contributed by atoms with Crippen LogP contribution >= 0.6 is 0 Å². The first kappa shape index (κ1) is 11.7. The van der Waals surface area contributed by atoms with Crippen molar-refractivity contribution < 1.29 is 23.4 Å². The fourth-order valence-electron chi connectivity index (χ4n) is 0.545. The number of nitrogens with one attached hydrogen (secondary N) is 1. The summed E-state index contributed by atoms with van der Waals surface area (Å²) in [5.74, 6) is 0. The average molecular weight is 187 g/mol. The molecule has 6 heteroatoms. The highest BCUT2D eigenvalue weighted by molar-refractivity contribution is 4.68. The Bertz CT molecular complexity index is 126. The summed E-state index contributed by atoms with van der Waals surface area (Å²) in [5.41, 5.74) is 0. The quantitative estimate of drug-likeness (QED) is 0.575. The van der Waals surface area contributed by atoms with Gasteiger partial charge in [-0.05, 0) is 6.92 Å². The van der Waals surface area contributed by atoms with Gasteiger partial charge in [0.05, 0.1) is 6.10 Å². The number of aliphatic hydroxyl groups excluding tert-OH is 2. The van der Waals surface area contributed by atoms with E-state index in [0.29, 0.717) is 0 Å². The van der Waals surface area contributed by atoms with E-state index in [2.05, 4.69) is 5.32 Å². The number of rotatable bonds is 4. The molecule has 0 fully saturated rings. The Morgan fingerprint density at radius 3 is 2.08 bits per heavy atom. The molecule has 2 atom stereocenters. The summed E-state index contributed by atoms with van der Waals surface area (Å²) in [6.45, 7) is 0.883. The van der Waals surface area contributed by atoms with Crippen LogP contribution in [-0.2, 0) is 0 Å². The van der Waals surface area contributed by atoms with Gasteiger partial charge in [0.2, 0.25) is 0 Å². The van der Waals surface area contributed by atoms with Gasteiger partial charge in [-0.1, -0.05) is 0 Å². The minimum Gasteiger partial charge on any atom is -0.392 e. The van der Waals surface area contributed by atoms with Gasteiger partial charge in [0.1, 0.15) is 0 Å². The van der Waals surface area contributed by atoms with Crippen LogP contribution in [0.25, 0.3) is 0 Å². The van der Waals surface area contributed by atoms with E-state index in [1.54, 1.807) is 0 Å². The highest BCUT2D eigenvalue weighted by atomic mass is 19.4. The van der Waals surface area contributed by atoms with Crippen molar-refractivity contribution in [3.63, 3.8) is 0 Å². The first-order valence-electron chi connectivity index (χ1n) is 3.47. The number of alkyl halides is 3. The molecule has 0 aromatic heterocycles. The Morgan fingerprint density at radius 2 is 1.75 bits per heavy atom.